The fraction of sp³-hybridized carbons (Fsp3) is 0.400. The number of hydrogen-bond donors (Lipinski definition) is 2. The van der Waals surface area contributed by atoms with Crippen molar-refractivity contribution >= 4 is 0 Å². The summed E-state index contributed by atoms with van der Waals surface area (Å²) in [5.41, 5.74) is 5.10. The molecule has 2 N–H and O–H groups in total. The van der Waals surface area contributed by atoms with Crippen molar-refractivity contribution in [2.75, 3.05) is 6.61 Å². The van der Waals surface area contributed by atoms with Gasteiger partial charge in [0.05, 0.1) is 0 Å². The Bertz CT molecular complexity index is 634. The number of phenolic OH excluding ortho intramolecular Hbond substituents is 1. The minimum absolute atomic E-state index is 0.126. The van der Waals surface area contributed by atoms with E-state index in [1.54, 1.807) is 0 Å². The Balaban J connectivity index is 2.58. The molecule has 2 aromatic carbocycles. The monoisotopic (exact) mass is 298 g/mol. The van der Waals surface area contributed by atoms with Crippen LogP contribution in [0.1, 0.15) is 43.9 Å². The van der Waals surface area contributed by atoms with Gasteiger partial charge in [0.1, 0.15) is 5.75 Å². The molecule has 0 radical (unpaired) electrons. The SMILES string of the molecule is Cc1ccc(-c2cc(CCCO)cc(C(C)(C)C)c2O)cc1. The van der Waals surface area contributed by atoms with E-state index in [1.165, 1.54) is 5.56 Å². The van der Waals surface area contributed by atoms with Crippen LogP contribution in [0, 0.1) is 6.92 Å². The predicted molar refractivity (Wildman–Crippen MR) is 92.4 cm³/mol. The maximum absolute atomic E-state index is 10.7. The third kappa shape index (κ3) is 3.69. The number of phenols is 1. The van der Waals surface area contributed by atoms with Crippen LogP contribution in [0.2, 0.25) is 0 Å². The second-order valence-corrected chi connectivity index (χ2v) is 6.98. The number of aryl methyl sites for hydroxylation is 2. The van der Waals surface area contributed by atoms with Crippen molar-refractivity contribution in [2.45, 2.75) is 46.0 Å². The summed E-state index contributed by atoms with van der Waals surface area (Å²) in [4.78, 5) is 0. The van der Waals surface area contributed by atoms with E-state index in [2.05, 4.69) is 45.9 Å². The molecule has 0 amide bonds. The number of aliphatic hydroxyl groups is 1. The quantitative estimate of drug-likeness (QED) is 0.866. The van der Waals surface area contributed by atoms with Gasteiger partial charge in [0.2, 0.25) is 0 Å². The van der Waals surface area contributed by atoms with E-state index < -0.39 is 0 Å². The van der Waals surface area contributed by atoms with E-state index in [9.17, 15) is 5.11 Å². The Morgan fingerprint density at radius 1 is 1.00 bits per heavy atom. The second-order valence-electron chi connectivity index (χ2n) is 6.98. The van der Waals surface area contributed by atoms with E-state index in [-0.39, 0.29) is 12.0 Å². The molecule has 22 heavy (non-hydrogen) atoms. The van der Waals surface area contributed by atoms with Gasteiger partial charge in [0.15, 0.2) is 0 Å². The summed E-state index contributed by atoms with van der Waals surface area (Å²) in [6.07, 6.45) is 1.56. The number of hydrogen-bond acceptors (Lipinski definition) is 2. The van der Waals surface area contributed by atoms with E-state index in [0.717, 1.165) is 35.1 Å². The first kappa shape index (κ1) is 16.6. The summed E-state index contributed by atoms with van der Waals surface area (Å²) in [5, 5.41) is 19.8. The van der Waals surface area contributed by atoms with Crippen molar-refractivity contribution in [3.05, 3.63) is 53.1 Å². The summed E-state index contributed by atoms with van der Waals surface area (Å²) in [7, 11) is 0. The molecule has 118 valence electrons. The Kier molecular flexibility index (Phi) is 4.92. The smallest absolute Gasteiger partial charge is 0.127 e. The minimum Gasteiger partial charge on any atom is -0.507 e. The molecule has 2 heteroatoms. The molecule has 0 aliphatic rings. The molecular weight excluding hydrogens is 272 g/mol. The molecule has 2 aromatic rings. The third-order valence-corrected chi connectivity index (χ3v) is 3.96. The van der Waals surface area contributed by atoms with E-state index in [0.29, 0.717) is 5.75 Å². The average Bonchev–Trinajstić information content (AvgIpc) is 2.46. The van der Waals surface area contributed by atoms with Crippen LogP contribution in [0.3, 0.4) is 0 Å². The lowest BCUT2D eigenvalue weighted by atomic mass is 9.82. The van der Waals surface area contributed by atoms with Crippen LogP contribution in [-0.2, 0) is 11.8 Å². The average molecular weight is 298 g/mol. The maximum atomic E-state index is 10.7. The van der Waals surface area contributed by atoms with Gasteiger partial charge in [-0.2, -0.15) is 0 Å². The van der Waals surface area contributed by atoms with Gasteiger partial charge in [0, 0.05) is 17.7 Å². The summed E-state index contributed by atoms with van der Waals surface area (Å²) in [6, 6.07) is 12.3. The van der Waals surface area contributed by atoms with Crippen molar-refractivity contribution in [2.24, 2.45) is 0 Å². The molecule has 0 unspecified atom stereocenters. The van der Waals surface area contributed by atoms with E-state index in [1.807, 2.05) is 18.2 Å². The highest BCUT2D eigenvalue weighted by molar-refractivity contribution is 5.73. The van der Waals surface area contributed by atoms with Gasteiger partial charge in [-0.3, -0.25) is 0 Å². The van der Waals surface area contributed by atoms with Crippen molar-refractivity contribution in [1.29, 1.82) is 0 Å². The van der Waals surface area contributed by atoms with Gasteiger partial charge < -0.3 is 10.2 Å². The summed E-state index contributed by atoms with van der Waals surface area (Å²) in [6.45, 7) is 8.57. The first-order valence-corrected chi connectivity index (χ1v) is 7.87. The number of aromatic hydroxyl groups is 1. The fourth-order valence-electron chi connectivity index (χ4n) is 2.65. The molecule has 0 atom stereocenters. The molecule has 2 nitrogen and oxygen atoms in total. The lowest BCUT2D eigenvalue weighted by Crippen LogP contribution is -2.12. The second kappa shape index (κ2) is 6.53. The van der Waals surface area contributed by atoms with Crippen molar-refractivity contribution in [1.82, 2.24) is 0 Å². The van der Waals surface area contributed by atoms with Gasteiger partial charge >= 0.3 is 0 Å². The molecule has 0 aliphatic carbocycles. The molecule has 0 saturated carbocycles. The van der Waals surface area contributed by atoms with Gasteiger partial charge in [-0.25, -0.2) is 0 Å². The molecule has 0 saturated heterocycles. The third-order valence-electron chi connectivity index (χ3n) is 3.96. The lowest BCUT2D eigenvalue weighted by molar-refractivity contribution is 0.288. The fourth-order valence-corrected chi connectivity index (χ4v) is 2.65. The van der Waals surface area contributed by atoms with Crippen molar-refractivity contribution in [3.8, 4) is 16.9 Å². The molecule has 0 spiro atoms. The van der Waals surface area contributed by atoms with Crippen LogP contribution < -0.4 is 0 Å². The maximum Gasteiger partial charge on any atom is 0.127 e. The van der Waals surface area contributed by atoms with Gasteiger partial charge in [-0.1, -0.05) is 56.7 Å². The largest absolute Gasteiger partial charge is 0.507 e. The van der Waals surface area contributed by atoms with Crippen molar-refractivity contribution in [3.63, 3.8) is 0 Å². The van der Waals surface area contributed by atoms with E-state index in [4.69, 9.17) is 5.11 Å². The van der Waals surface area contributed by atoms with Crippen LogP contribution in [0.25, 0.3) is 11.1 Å². The highest BCUT2D eigenvalue weighted by Gasteiger charge is 2.21. The Morgan fingerprint density at radius 2 is 1.64 bits per heavy atom. The van der Waals surface area contributed by atoms with Gasteiger partial charge in [-0.15, -0.1) is 0 Å². The molecule has 0 aromatic heterocycles. The van der Waals surface area contributed by atoms with Crippen LogP contribution in [0.4, 0.5) is 0 Å². The molecule has 0 aliphatic heterocycles. The highest BCUT2D eigenvalue weighted by atomic mass is 16.3. The zero-order valence-corrected chi connectivity index (χ0v) is 14.0. The van der Waals surface area contributed by atoms with Crippen molar-refractivity contribution < 1.29 is 10.2 Å². The zero-order chi connectivity index (χ0) is 16.3. The summed E-state index contributed by atoms with van der Waals surface area (Å²) < 4.78 is 0. The number of rotatable bonds is 4. The number of aliphatic hydroxyl groups excluding tert-OH is 1. The van der Waals surface area contributed by atoms with Crippen LogP contribution in [0.15, 0.2) is 36.4 Å². The highest BCUT2D eigenvalue weighted by Crippen LogP contribution is 2.39. The molecule has 0 fully saturated rings. The molecule has 0 heterocycles. The first-order chi connectivity index (χ1) is 10.3. The zero-order valence-electron chi connectivity index (χ0n) is 14.0. The standard InChI is InChI=1S/C20H26O2/c1-14-7-9-16(10-8-14)17-12-15(6-5-11-21)13-18(19(17)22)20(2,3)4/h7-10,12-13,21-22H,5-6,11H2,1-4H3. The molecule has 2 rings (SSSR count). The topological polar surface area (TPSA) is 40.5 Å². The summed E-state index contributed by atoms with van der Waals surface area (Å²) >= 11 is 0. The Labute approximate surface area is 133 Å². The Hall–Kier alpha value is -1.80. The first-order valence-electron chi connectivity index (χ1n) is 7.87. The Morgan fingerprint density at radius 3 is 2.18 bits per heavy atom. The molecule has 0 bridgehead atoms. The van der Waals surface area contributed by atoms with Crippen LogP contribution in [0.5, 0.6) is 5.75 Å². The van der Waals surface area contributed by atoms with Gasteiger partial charge in [0.25, 0.3) is 0 Å². The predicted octanol–water partition coefficient (Wildman–Crippen LogP) is 4.59. The number of benzene rings is 2. The van der Waals surface area contributed by atoms with E-state index >= 15 is 0 Å². The van der Waals surface area contributed by atoms with Crippen LogP contribution in [-0.4, -0.2) is 16.8 Å². The van der Waals surface area contributed by atoms with Crippen LogP contribution >= 0.6 is 0 Å². The lowest BCUT2D eigenvalue weighted by Gasteiger charge is -2.23. The minimum atomic E-state index is -0.126. The molecular formula is C20H26O2. The summed E-state index contributed by atoms with van der Waals surface area (Å²) in [5.74, 6) is 0.365. The normalized spacial score (nSPS) is 11.7. The van der Waals surface area contributed by atoms with Gasteiger partial charge in [-0.05, 0) is 42.4 Å².